The second-order valence-corrected chi connectivity index (χ2v) is 5.66. The molecule has 5 heteroatoms. The molecule has 0 aromatic rings. The largest absolute Gasteiger partial charge is 0.449 e. The van der Waals surface area contributed by atoms with E-state index in [0.717, 1.165) is 19.7 Å². The number of ether oxygens (including phenoxy) is 2. The van der Waals surface area contributed by atoms with E-state index in [-0.39, 0.29) is 11.5 Å². The molecule has 0 aromatic carbocycles. The lowest BCUT2D eigenvalue weighted by Crippen LogP contribution is -2.36. The first-order valence-electron chi connectivity index (χ1n) is 6.16. The molecular weight excluding hydrogens is 220 g/mol. The van der Waals surface area contributed by atoms with Crippen molar-refractivity contribution < 1.29 is 14.3 Å². The highest BCUT2D eigenvalue weighted by Gasteiger charge is 2.16. The molecule has 0 saturated carbocycles. The number of alkyl carbamates (subject to hydrolysis) is 1. The highest BCUT2D eigenvalue weighted by Crippen LogP contribution is 2.12. The molecule has 1 heterocycles. The Bertz CT molecular complexity index is 230. The minimum atomic E-state index is -0.343. The summed E-state index contributed by atoms with van der Waals surface area (Å²) in [5, 5.41) is 6.03. The van der Waals surface area contributed by atoms with Crippen molar-refractivity contribution >= 4 is 6.09 Å². The Morgan fingerprint density at radius 1 is 1.53 bits per heavy atom. The summed E-state index contributed by atoms with van der Waals surface area (Å²) in [5.41, 5.74) is 0.00429. The molecule has 1 saturated heterocycles. The van der Waals surface area contributed by atoms with Crippen LogP contribution in [0.5, 0.6) is 0 Å². The van der Waals surface area contributed by atoms with E-state index in [4.69, 9.17) is 9.47 Å². The van der Waals surface area contributed by atoms with Crippen molar-refractivity contribution in [3.05, 3.63) is 0 Å². The van der Waals surface area contributed by atoms with E-state index in [1.807, 2.05) is 20.8 Å². The van der Waals surface area contributed by atoms with Gasteiger partial charge in [0.1, 0.15) is 0 Å². The van der Waals surface area contributed by atoms with Gasteiger partial charge < -0.3 is 20.1 Å². The number of carbonyl (C=O) groups is 1. The third-order valence-corrected chi connectivity index (χ3v) is 2.38. The average Bonchev–Trinajstić information content (AvgIpc) is 2.51. The van der Waals surface area contributed by atoms with E-state index in [9.17, 15) is 4.79 Å². The van der Waals surface area contributed by atoms with Crippen molar-refractivity contribution in [2.45, 2.75) is 20.8 Å². The lowest BCUT2D eigenvalue weighted by atomic mass is 9.99. The van der Waals surface area contributed by atoms with Crippen molar-refractivity contribution in [3.63, 3.8) is 0 Å². The van der Waals surface area contributed by atoms with Crippen LogP contribution in [0.3, 0.4) is 0 Å². The summed E-state index contributed by atoms with van der Waals surface area (Å²) in [7, 11) is 0. The summed E-state index contributed by atoms with van der Waals surface area (Å²) in [6.07, 6.45) is -0.343. The number of hydrogen-bond acceptors (Lipinski definition) is 4. The summed E-state index contributed by atoms with van der Waals surface area (Å²) in [6.45, 7) is 10.3. The van der Waals surface area contributed by atoms with Gasteiger partial charge in [-0.1, -0.05) is 20.8 Å². The maximum Gasteiger partial charge on any atom is 0.407 e. The summed E-state index contributed by atoms with van der Waals surface area (Å²) >= 11 is 0. The molecule has 0 unspecified atom stereocenters. The molecule has 1 aliphatic heterocycles. The maximum atomic E-state index is 11.4. The summed E-state index contributed by atoms with van der Waals surface area (Å²) in [6, 6.07) is 0. The van der Waals surface area contributed by atoms with Gasteiger partial charge in [-0.15, -0.1) is 0 Å². The first-order chi connectivity index (χ1) is 7.97. The van der Waals surface area contributed by atoms with Crippen LogP contribution in [-0.4, -0.2) is 45.5 Å². The number of amides is 1. The highest BCUT2D eigenvalue weighted by atomic mass is 16.5. The molecule has 2 N–H and O–H groups in total. The third kappa shape index (κ3) is 7.18. The molecular formula is C12H24N2O3. The van der Waals surface area contributed by atoms with E-state index in [1.54, 1.807) is 0 Å². The zero-order chi connectivity index (χ0) is 12.7. The molecule has 0 spiro atoms. The Balaban J connectivity index is 2.14. The Morgan fingerprint density at radius 2 is 2.29 bits per heavy atom. The van der Waals surface area contributed by atoms with E-state index in [2.05, 4.69) is 10.6 Å². The van der Waals surface area contributed by atoms with E-state index >= 15 is 0 Å². The SMILES string of the molecule is CC(C)(C)COC(=O)NC[C@H]1CNCCOC1. The second kappa shape index (κ2) is 6.81. The second-order valence-electron chi connectivity index (χ2n) is 5.66. The van der Waals surface area contributed by atoms with Gasteiger partial charge in [0.15, 0.2) is 0 Å². The topological polar surface area (TPSA) is 59.6 Å². The van der Waals surface area contributed by atoms with Crippen molar-refractivity contribution in [1.82, 2.24) is 10.6 Å². The molecule has 0 aromatic heterocycles. The van der Waals surface area contributed by atoms with Crippen LogP contribution < -0.4 is 10.6 Å². The molecule has 1 aliphatic rings. The molecule has 17 heavy (non-hydrogen) atoms. The predicted molar refractivity (Wildman–Crippen MR) is 66.0 cm³/mol. The molecule has 1 rings (SSSR count). The smallest absolute Gasteiger partial charge is 0.407 e. The Kier molecular flexibility index (Phi) is 5.71. The van der Waals surface area contributed by atoms with Crippen molar-refractivity contribution in [2.24, 2.45) is 11.3 Å². The lowest BCUT2D eigenvalue weighted by molar-refractivity contribution is 0.0990. The molecule has 5 nitrogen and oxygen atoms in total. The van der Waals surface area contributed by atoms with Gasteiger partial charge in [0, 0.05) is 25.6 Å². The standard InChI is InChI=1S/C12H24N2O3/c1-12(2,3)9-17-11(15)14-7-10-6-13-4-5-16-8-10/h10,13H,4-9H2,1-3H3,(H,14,15)/t10-/m1/s1. The fourth-order valence-corrected chi connectivity index (χ4v) is 1.45. The zero-order valence-electron chi connectivity index (χ0n) is 11.0. The Morgan fingerprint density at radius 3 is 3.00 bits per heavy atom. The molecule has 100 valence electrons. The molecule has 0 bridgehead atoms. The van der Waals surface area contributed by atoms with Gasteiger partial charge in [0.05, 0.1) is 19.8 Å². The normalized spacial score (nSPS) is 21.7. The van der Waals surface area contributed by atoms with Crippen molar-refractivity contribution in [2.75, 3.05) is 39.5 Å². The number of hydrogen-bond donors (Lipinski definition) is 2. The maximum absolute atomic E-state index is 11.4. The van der Waals surface area contributed by atoms with Gasteiger partial charge in [-0.05, 0) is 5.41 Å². The molecule has 1 amide bonds. The highest BCUT2D eigenvalue weighted by molar-refractivity contribution is 5.67. The molecule has 1 fully saturated rings. The lowest BCUT2D eigenvalue weighted by Gasteiger charge is -2.19. The van der Waals surface area contributed by atoms with E-state index in [0.29, 0.717) is 25.7 Å². The van der Waals surface area contributed by atoms with Gasteiger partial charge in [-0.2, -0.15) is 0 Å². The Hall–Kier alpha value is -0.810. The summed E-state index contributed by atoms with van der Waals surface area (Å²) < 4.78 is 10.5. The summed E-state index contributed by atoms with van der Waals surface area (Å²) in [4.78, 5) is 11.4. The average molecular weight is 244 g/mol. The molecule has 1 atom stereocenters. The van der Waals surface area contributed by atoms with Crippen LogP contribution in [0.25, 0.3) is 0 Å². The van der Waals surface area contributed by atoms with Crippen LogP contribution in [0, 0.1) is 11.3 Å². The molecule has 0 aliphatic carbocycles. The van der Waals surface area contributed by atoms with Crippen molar-refractivity contribution in [1.29, 1.82) is 0 Å². The minimum absolute atomic E-state index is 0.00429. The van der Waals surface area contributed by atoms with E-state index < -0.39 is 0 Å². The van der Waals surface area contributed by atoms with Crippen LogP contribution in [0.2, 0.25) is 0 Å². The van der Waals surface area contributed by atoms with Gasteiger partial charge >= 0.3 is 6.09 Å². The van der Waals surface area contributed by atoms with Crippen LogP contribution in [0.15, 0.2) is 0 Å². The fourth-order valence-electron chi connectivity index (χ4n) is 1.45. The van der Waals surface area contributed by atoms with Gasteiger partial charge in [0.25, 0.3) is 0 Å². The van der Waals surface area contributed by atoms with Gasteiger partial charge in [-0.3, -0.25) is 0 Å². The minimum Gasteiger partial charge on any atom is -0.449 e. The first kappa shape index (κ1) is 14.3. The fraction of sp³-hybridized carbons (Fsp3) is 0.917. The van der Waals surface area contributed by atoms with Crippen LogP contribution in [-0.2, 0) is 9.47 Å². The van der Waals surface area contributed by atoms with E-state index in [1.165, 1.54) is 0 Å². The van der Waals surface area contributed by atoms with Gasteiger partial charge in [0.2, 0.25) is 0 Å². The Labute approximate surface area is 103 Å². The number of rotatable bonds is 3. The quantitative estimate of drug-likeness (QED) is 0.777. The zero-order valence-corrected chi connectivity index (χ0v) is 11.0. The van der Waals surface area contributed by atoms with Crippen LogP contribution >= 0.6 is 0 Å². The summed E-state index contributed by atoms with van der Waals surface area (Å²) in [5.74, 6) is 0.319. The number of carbonyl (C=O) groups excluding carboxylic acids is 1. The first-order valence-corrected chi connectivity index (χ1v) is 6.16. The monoisotopic (exact) mass is 244 g/mol. The predicted octanol–water partition coefficient (Wildman–Crippen LogP) is 0.995. The molecule has 0 radical (unpaired) electrons. The number of nitrogens with one attached hydrogen (secondary N) is 2. The van der Waals surface area contributed by atoms with Crippen LogP contribution in [0.1, 0.15) is 20.8 Å². The third-order valence-electron chi connectivity index (χ3n) is 2.38. The van der Waals surface area contributed by atoms with Crippen molar-refractivity contribution in [3.8, 4) is 0 Å². The van der Waals surface area contributed by atoms with Gasteiger partial charge in [-0.25, -0.2) is 4.79 Å². The van der Waals surface area contributed by atoms with Crippen LogP contribution in [0.4, 0.5) is 4.79 Å².